The van der Waals surface area contributed by atoms with Crippen LogP contribution in [0.4, 0.5) is 0 Å². The molecule has 0 radical (unpaired) electrons. The highest BCUT2D eigenvalue weighted by Gasteiger charge is 2.22. The van der Waals surface area contributed by atoms with Crippen molar-refractivity contribution in [2.24, 2.45) is 0 Å². The monoisotopic (exact) mass is 227 g/mol. The Balaban J connectivity index is 1.45. The third kappa shape index (κ3) is 4.47. The predicted octanol–water partition coefficient (Wildman–Crippen LogP) is -0.813. The molecule has 92 valence electrons. The smallest absolute Gasteiger partial charge is 0.234 e. The Labute approximate surface area is 96.5 Å². The van der Waals surface area contributed by atoms with Gasteiger partial charge >= 0.3 is 0 Å². The molecule has 2 N–H and O–H groups in total. The zero-order valence-electron chi connectivity index (χ0n) is 9.71. The fourth-order valence-corrected chi connectivity index (χ4v) is 1.77. The van der Waals surface area contributed by atoms with Crippen molar-refractivity contribution in [1.29, 1.82) is 0 Å². The first-order valence-corrected chi connectivity index (χ1v) is 6.15. The fraction of sp³-hybridized carbons (Fsp3) is 0.909. The molecule has 2 fully saturated rings. The first kappa shape index (κ1) is 11.8. The molecule has 0 bridgehead atoms. The number of rotatable bonds is 6. The van der Waals surface area contributed by atoms with E-state index in [-0.39, 0.29) is 5.91 Å². The van der Waals surface area contributed by atoms with E-state index in [9.17, 15) is 4.79 Å². The molecular formula is C11H21N3O2. The lowest BCUT2D eigenvalue weighted by Crippen LogP contribution is -2.42. The van der Waals surface area contributed by atoms with Crippen LogP contribution in [0.3, 0.4) is 0 Å². The fourth-order valence-electron chi connectivity index (χ4n) is 1.77. The summed E-state index contributed by atoms with van der Waals surface area (Å²) in [5.74, 6) is 0.129. The topological polar surface area (TPSA) is 53.6 Å². The number of nitrogens with zero attached hydrogens (tertiary/aromatic N) is 1. The second-order valence-electron chi connectivity index (χ2n) is 4.47. The van der Waals surface area contributed by atoms with E-state index < -0.39 is 0 Å². The Kier molecular flexibility index (Phi) is 4.56. The van der Waals surface area contributed by atoms with E-state index >= 15 is 0 Å². The Morgan fingerprint density at radius 1 is 1.31 bits per heavy atom. The molecule has 2 aliphatic rings. The van der Waals surface area contributed by atoms with Gasteiger partial charge in [-0.3, -0.25) is 9.69 Å². The second kappa shape index (κ2) is 6.18. The summed E-state index contributed by atoms with van der Waals surface area (Å²) in [6.45, 7) is 6.01. The molecule has 1 saturated heterocycles. The number of hydrogen-bond acceptors (Lipinski definition) is 4. The van der Waals surface area contributed by atoms with Crippen molar-refractivity contribution >= 4 is 5.91 Å². The maximum absolute atomic E-state index is 11.3. The van der Waals surface area contributed by atoms with Crippen LogP contribution in [0.15, 0.2) is 0 Å². The van der Waals surface area contributed by atoms with E-state index in [0.717, 1.165) is 52.2 Å². The minimum absolute atomic E-state index is 0.129. The standard InChI is InChI=1S/C11H21N3O2/c15-11(13-10-1-2-10)9-12-3-4-14-5-7-16-8-6-14/h10,12H,1-9H2,(H,13,15). The third-order valence-electron chi connectivity index (χ3n) is 2.94. The van der Waals surface area contributed by atoms with Crippen LogP contribution in [-0.4, -0.2) is 62.8 Å². The van der Waals surface area contributed by atoms with E-state index in [1.54, 1.807) is 0 Å². The molecule has 0 aromatic rings. The first-order valence-electron chi connectivity index (χ1n) is 6.15. The quantitative estimate of drug-likeness (QED) is 0.583. The number of hydrogen-bond donors (Lipinski definition) is 2. The summed E-state index contributed by atoms with van der Waals surface area (Å²) in [5.41, 5.74) is 0. The van der Waals surface area contributed by atoms with Crippen molar-refractivity contribution < 1.29 is 9.53 Å². The van der Waals surface area contributed by atoms with Gasteiger partial charge in [-0.2, -0.15) is 0 Å². The molecule has 0 atom stereocenters. The van der Waals surface area contributed by atoms with Gasteiger partial charge in [-0.15, -0.1) is 0 Å². The SMILES string of the molecule is O=C(CNCCN1CCOCC1)NC1CC1. The average molecular weight is 227 g/mol. The van der Waals surface area contributed by atoms with Crippen LogP contribution < -0.4 is 10.6 Å². The van der Waals surface area contributed by atoms with Crippen LogP contribution >= 0.6 is 0 Å². The maximum atomic E-state index is 11.3. The number of carbonyl (C=O) groups excluding carboxylic acids is 1. The molecule has 1 heterocycles. The summed E-state index contributed by atoms with van der Waals surface area (Å²) >= 11 is 0. The van der Waals surface area contributed by atoms with Gasteiger partial charge < -0.3 is 15.4 Å². The van der Waals surface area contributed by atoms with Crippen LogP contribution in [0.25, 0.3) is 0 Å². The van der Waals surface area contributed by atoms with Gasteiger partial charge in [0.05, 0.1) is 19.8 Å². The maximum Gasteiger partial charge on any atom is 0.234 e. The van der Waals surface area contributed by atoms with E-state index in [1.165, 1.54) is 0 Å². The number of amides is 1. The van der Waals surface area contributed by atoms with Crippen molar-refractivity contribution in [3.8, 4) is 0 Å². The molecule has 1 aliphatic carbocycles. The number of nitrogens with one attached hydrogen (secondary N) is 2. The van der Waals surface area contributed by atoms with Crippen molar-refractivity contribution in [2.45, 2.75) is 18.9 Å². The zero-order chi connectivity index (χ0) is 11.2. The van der Waals surface area contributed by atoms with E-state index in [1.807, 2.05) is 0 Å². The lowest BCUT2D eigenvalue weighted by atomic mass is 10.4. The minimum Gasteiger partial charge on any atom is -0.379 e. The summed E-state index contributed by atoms with van der Waals surface area (Å²) < 4.78 is 5.27. The molecule has 1 saturated carbocycles. The second-order valence-corrected chi connectivity index (χ2v) is 4.47. The van der Waals surface area contributed by atoms with Crippen LogP contribution in [0.5, 0.6) is 0 Å². The summed E-state index contributed by atoms with van der Waals surface area (Å²) in [7, 11) is 0. The molecule has 16 heavy (non-hydrogen) atoms. The molecule has 2 rings (SSSR count). The van der Waals surface area contributed by atoms with Crippen LogP contribution in [-0.2, 0) is 9.53 Å². The Hall–Kier alpha value is -0.650. The van der Waals surface area contributed by atoms with Gasteiger partial charge in [-0.25, -0.2) is 0 Å². The van der Waals surface area contributed by atoms with Crippen LogP contribution in [0.1, 0.15) is 12.8 Å². The van der Waals surface area contributed by atoms with Gasteiger partial charge in [0.2, 0.25) is 5.91 Å². The molecule has 1 amide bonds. The Morgan fingerprint density at radius 3 is 2.75 bits per heavy atom. The Bertz CT molecular complexity index is 225. The summed E-state index contributed by atoms with van der Waals surface area (Å²) in [6.07, 6.45) is 2.30. The van der Waals surface area contributed by atoms with E-state index in [2.05, 4.69) is 15.5 Å². The van der Waals surface area contributed by atoms with Crippen LogP contribution in [0, 0.1) is 0 Å². The number of morpholine rings is 1. The van der Waals surface area contributed by atoms with E-state index in [0.29, 0.717) is 12.6 Å². The molecule has 1 aliphatic heterocycles. The lowest BCUT2D eigenvalue weighted by Gasteiger charge is -2.26. The molecule has 0 aromatic heterocycles. The molecule has 0 unspecified atom stereocenters. The highest BCUT2D eigenvalue weighted by molar-refractivity contribution is 5.78. The van der Waals surface area contributed by atoms with Gasteiger partial charge in [0.25, 0.3) is 0 Å². The van der Waals surface area contributed by atoms with Crippen molar-refractivity contribution in [2.75, 3.05) is 45.9 Å². The highest BCUT2D eigenvalue weighted by Crippen LogP contribution is 2.18. The van der Waals surface area contributed by atoms with E-state index in [4.69, 9.17) is 4.74 Å². The van der Waals surface area contributed by atoms with Crippen molar-refractivity contribution in [3.63, 3.8) is 0 Å². The van der Waals surface area contributed by atoms with Crippen molar-refractivity contribution in [1.82, 2.24) is 15.5 Å². The average Bonchev–Trinajstić information content (AvgIpc) is 3.10. The molecule has 0 aromatic carbocycles. The predicted molar refractivity (Wildman–Crippen MR) is 61.3 cm³/mol. The lowest BCUT2D eigenvalue weighted by molar-refractivity contribution is -0.120. The highest BCUT2D eigenvalue weighted by atomic mass is 16.5. The first-order chi connectivity index (χ1) is 7.84. The third-order valence-corrected chi connectivity index (χ3v) is 2.94. The van der Waals surface area contributed by atoms with Gasteiger partial charge in [-0.1, -0.05) is 0 Å². The normalized spacial score (nSPS) is 22.0. The van der Waals surface area contributed by atoms with Crippen molar-refractivity contribution in [3.05, 3.63) is 0 Å². The van der Waals surface area contributed by atoms with Gasteiger partial charge in [0, 0.05) is 32.2 Å². The largest absolute Gasteiger partial charge is 0.379 e. The Morgan fingerprint density at radius 2 is 2.06 bits per heavy atom. The summed E-state index contributed by atoms with van der Waals surface area (Å²) in [6, 6.07) is 0.466. The van der Waals surface area contributed by atoms with Crippen LogP contribution in [0.2, 0.25) is 0 Å². The molecule has 5 nitrogen and oxygen atoms in total. The van der Waals surface area contributed by atoms with Gasteiger partial charge in [0.15, 0.2) is 0 Å². The number of carbonyl (C=O) groups is 1. The summed E-state index contributed by atoms with van der Waals surface area (Å²) in [5, 5.41) is 6.13. The molecule has 0 spiro atoms. The zero-order valence-corrected chi connectivity index (χ0v) is 9.71. The molecular weight excluding hydrogens is 206 g/mol. The van der Waals surface area contributed by atoms with Gasteiger partial charge in [-0.05, 0) is 12.8 Å². The molecule has 5 heteroatoms. The minimum atomic E-state index is 0.129. The number of ether oxygens (including phenoxy) is 1. The van der Waals surface area contributed by atoms with Gasteiger partial charge in [0.1, 0.15) is 0 Å². The summed E-state index contributed by atoms with van der Waals surface area (Å²) in [4.78, 5) is 13.7.